The first-order chi connectivity index (χ1) is 17.8. The summed E-state index contributed by atoms with van der Waals surface area (Å²) in [6.45, 7) is 5.85. The van der Waals surface area contributed by atoms with Gasteiger partial charge >= 0.3 is 5.69 Å². The lowest BCUT2D eigenvalue weighted by molar-refractivity contribution is -0.186. The van der Waals surface area contributed by atoms with E-state index >= 15 is 0 Å². The molecule has 3 heterocycles. The Hall–Kier alpha value is -3.10. The number of phenols is 1. The van der Waals surface area contributed by atoms with Crippen LogP contribution in [0.4, 0.5) is 0 Å². The highest BCUT2D eigenvalue weighted by molar-refractivity contribution is 5.77. The van der Waals surface area contributed by atoms with Gasteiger partial charge in [0.15, 0.2) is 11.5 Å². The standard InChI is InChI=1S/C29H33N3O5/c1-16-7-10-22(33)24-23(16)28-13-14-31(15-18-8-9-18)17(2)29(28,36)12-11-21(25(28)37-24)32-26(34)19-5-3-4-6-20(19)30-27(32)35/h3-7,10,17-18,21,25,33,36H,8-9,11-15H2,1-2H3,(H,30,35)/t17-,21-,25+,28+,29-/m1/s1. The molecule has 2 saturated carbocycles. The molecule has 1 spiro atoms. The van der Waals surface area contributed by atoms with Crippen LogP contribution in [0.15, 0.2) is 46.0 Å². The zero-order valence-electron chi connectivity index (χ0n) is 21.2. The molecule has 2 aliphatic heterocycles. The van der Waals surface area contributed by atoms with Crippen LogP contribution in [0.5, 0.6) is 11.5 Å². The molecule has 5 atom stereocenters. The van der Waals surface area contributed by atoms with Crippen molar-refractivity contribution in [1.82, 2.24) is 14.5 Å². The van der Waals surface area contributed by atoms with Crippen molar-refractivity contribution in [2.75, 3.05) is 13.1 Å². The number of hydrogen-bond acceptors (Lipinski definition) is 6. The normalized spacial score (nSPS) is 33.0. The first kappa shape index (κ1) is 23.0. The number of piperidine rings is 1. The van der Waals surface area contributed by atoms with Crippen LogP contribution >= 0.6 is 0 Å². The topological polar surface area (TPSA) is 108 Å². The predicted octanol–water partition coefficient (Wildman–Crippen LogP) is 2.97. The number of phenolic OH excluding ortho intramolecular Hbond substituents is 1. The highest BCUT2D eigenvalue weighted by Gasteiger charge is 2.70. The Balaban J connectivity index is 1.43. The second-order valence-corrected chi connectivity index (χ2v) is 11.7. The van der Waals surface area contributed by atoms with Crippen LogP contribution < -0.4 is 16.0 Å². The van der Waals surface area contributed by atoms with Crippen molar-refractivity contribution >= 4 is 10.9 Å². The Kier molecular flexibility index (Phi) is 4.80. The molecule has 194 valence electrons. The van der Waals surface area contributed by atoms with E-state index in [1.807, 2.05) is 13.0 Å². The Bertz CT molecular complexity index is 1540. The molecular formula is C29H33N3O5. The molecule has 0 radical (unpaired) electrons. The Labute approximate surface area is 214 Å². The van der Waals surface area contributed by atoms with E-state index < -0.39 is 28.9 Å². The summed E-state index contributed by atoms with van der Waals surface area (Å²) in [7, 11) is 0. The number of nitrogens with one attached hydrogen (secondary N) is 1. The van der Waals surface area contributed by atoms with E-state index in [2.05, 4.69) is 16.8 Å². The molecule has 3 fully saturated rings. The van der Waals surface area contributed by atoms with Gasteiger partial charge in [0.1, 0.15) is 6.10 Å². The third-order valence-corrected chi connectivity index (χ3v) is 9.86. The lowest BCUT2D eigenvalue weighted by Gasteiger charge is -2.61. The van der Waals surface area contributed by atoms with Gasteiger partial charge < -0.3 is 19.9 Å². The monoisotopic (exact) mass is 503 g/mol. The van der Waals surface area contributed by atoms with Crippen molar-refractivity contribution in [3.8, 4) is 11.5 Å². The molecule has 0 amide bonds. The number of H-pyrrole nitrogens is 1. The molecule has 1 aromatic heterocycles. The number of likely N-dealkylation sites (tertiary alicyclic amines) is 1. The average Bonchev–Trinajstić information content (AvgIpc) is 3.62. The number of aryl methyl sites for hydroxylation is 1. The van der Waals surface area contributed by atoms with E-state index in [4.69, 9.17) is 4.74 Å². The van der Waals surface area contributed by atoms with Crippen LogP contribution in [0, 0.1) is 12.8 Å². The highest BCUT2D eigenvalue weighted by Crippen LogP contribution is 2.64. The summed E-state index contributed by atoms with van der Waals surface area (Å²) >= 11 is 0. The number of aliphatic hydroxyl groups is 1. The lowest BCUT2D eigenvalue weighted by atomic mass is 9.51. The number of aromatic amines is 1. The molecule has 0 unspecified atom stereocenters. The summed E-state index contributed by atoms with van der Waals surface area (Å²) in [6.07, 6.45) is 3.28. The molecule has 0 bridgehead atoms. The third-order valence-electron chi connectivity index (χ3n) is 9.86. The average molecular weight is 504 g/mol. The number of benzene rings is 2. The predicted molar refractivity (Wildman–Crippen MR) is 139 cm³/mol. The van der Waals surface area contributed by atoms with Crippen LogP contribution in [0.25, 0.3) is 10.9 Å². The summed E-state index contributed by atoms with van der Waals surface area (Å²) in [6, 6.07) is 9.79. The second kappa shape index (κ2) is 7.71. The van der Waals surface area contributed by atoms with E-state index in [0.29, 0.717) is 41.8 Å². The van der Waals surface area contributed by atoms with Gasteiger partial charge in [-0.15, -0.1) is 0 Å². The Morgan fingerprint density at radius 3 is 2.68 bits per heavy atom. The van der Waals surface area contributed by atoms with Crippen LogP contribution in [0.2, 0.25) is 0 Å². The van der Waals surface area contributed by atoms with E-state index in [0.717, 1.165) is 24.2 Å². The first-order valence-corrected chi connectivity index (χ1v) is 13.5. The number of nitrogens with zero attached hydrogens (tertiary/aromatic N) is 2. The summed E-state index contributed by atoms with van der Waals surface area (Å²) in [5.41, 5.74) is -0.561. The molecule has 8 heteroatoms. The molecular weight excluding hydrogens is 470 g/mol. The SMILES string of the molecule is Cc1ccc(O)c2c1[C@]13CCN(CC4CC4)[C@H](C)[C@]1(O)CC[C@@H](n1c(=O)[nH]c4ccccc4c1=O)[C@@H]3O2. The smallest absolute Gasteiger partial charge is 0.329 e. The fourth-order valence-corrected chi connectivity index (χ4v) is 7.83. The van der Waals surface area contributed by atoms with Crippen LogP contribution in [-0.4, -0.2) is 55.5 Å². The van der Waals surface area contributed by atoms with Gasteiger partial charge in [-0.25, -0.2) is 4.79 Å². The maximum absolute atomic E-state index is 13.7. The van der Waals surface area contributed by atoms with Crippen LogP contribution in [0.3, 0.4) is 0 Å². The number of aromatic nitrogens is 2. The zero-order valence-corrected chi connectivity index (χ0v) is 21.2. The number of ether oxygens (including phenoxy) is 1. The highest BCUT2D eigenvalue weighted by atomic mass is 16.5. The number of fused-ring (bicyclic) bond motifs is 2. The van der Waals surface area contributed by atoms with Crippen molar-refractivity contribution in [3.63, 3.8) is 0 Å². The second-order valence-electron chi connectivity index (χ2n) is 11.7. The van der Waals surface area contributed by atoms with Crippen LogP contribution in [0.1, 0.15) is 56.2 Å². The van der Waals surface area contributed by atoms with Gasteiger partial charge in [-0.05, 0) is 82.2 Å². The molecule has 7 rings (SSSR count). The van der Waals surface area contributed by atoms with Gasteiger partial charge in [-0.3, -0.25) is 14.3 Å². The van der Waals surface area contributed by atoms with Crippen LogP contribution in [-0.2, 0) is 5.41 Å². The van der Waals surface area contributed by atoms with Crippen molar-refractivity contribution < 1.29 is 14.9 Å². The number of hydrogen-bond donors (Lipinski definition) is 3. The molecule has 3 aromatic rings. The van der Waals surface area contributed by atoms with Crippen molar-refractivity contribution in [1.29, 1.82) is 0 Å². The Morgan fingerprint density at radius 2 is 1.89 bits per heavy atom. The van der Waals surface area contributed by atoms with E-state index in [1.54, 1.807) is 30.3 Å². The minimum atomic E-state index is -1.14. The summed E-state index contributed by atoms with van der Waals surface area (Å²) < 4.78 is 7.87. The van der Waals surface area contributed by atoms with E-state index in [-0.39, 0.29) is 17.4 Å². The largest absolute Gasteiger partial charge is 0.504 e. The van der Waals surface area contributed by atoms with Crippen molar-refractivity contribution in [2.45, 2.75) is 75.2 Å². The van der Waals surface area contributed by atoms with Gasteiger partial charge in [-0.2, -0.15) is 0 Å². The summed E-state index contributed by atoms with van der Waals surface area (Å²) in [5, 5.41) is 24.0. The first-order valence-electron chi connectivity index (χ1n) is 13.5. The molecule has 8 nitrogen and oxygen atoms in total. The number of para-hydroxylation sites is 1. The Morgan fingerprint density at radius 1 is 1.11 bits per heavy atom. The lowest BCUT2D eigenvalue weighted by Crippen LogP contribution is -2.74. The van der Waals surface area contributed by atoms with Gasteiger partial charge in [0.2, 0.25) is 0 Å². The summed E-state index contributed by atoms with van der Waals surface area (Å²) in [5.74, 6) is 1.10. The van der Waals surface area contributed by atoms with Gasteiger partial charge in [0.25, 0.3) is 5.56 Å². The van der Waals surface area contributed by atoms with Gasteiger partial charge in [0.05, 0.1) is 28.0 Å². The quantitative estimate of drug-likeness (QED) is 0.507. The third kappa shape index (κ3) is 2.97. The minimum absolute atomic E-state index is 0.0262. The fourth-order valence-electron chi connectivity index (χ4n) is 7.83. The minimum Gasteiger partial charge on any atom is -0.504 e. The van der Waals surface area contributed by atoms with Crippen molar-refractivity contribution in [2.24, 2.45) is 5.92 Å². The zero-order chi connectivity index (χ0) is 25.7. The number of rotatable bonds is 3. The molecule has 2 aliphatic carbocycles. The van der Waals surface area contributed by atoms with E-state index in [1.165, 1.54) is 17.4 Å². The number of aromatic hydroxyl groups is 1. The summed E-state index contributed by atoms with van der Waals surface area (Å²) in [4.78, 5) is 32.3. The molecule has 37 heavy (non-hydrogen) atoms. The maximum atomic E-state index is 13.7. The van der Waals surface area contributed by atoms with Gasteiger partial charge in [-0.1, -0.05) is 18.2 Å². The molecule has 3 N–H and O–H groups in total. The maximum Gasteiger partial charge on any atom is 0.329 e. The van der Waals surface area contributed by atoms with Gasteiger partial charge in [0, 0.05) is 18.2 Å². The molecule has 4 aliphatic rings. The molecule has 1 saturated heterocycles. The molecule has 2 aromatic carbocycles. The fraction of sp³-hybridized carbons (Fsp3) is 0.517. The van der Waals surface area contributed by atoms with Crippen molar-refractivity contribution in [3.05, 3.63) is 68.4 Å². The van der Waals surface area contributed by atoms with E-state index in [9.17, 15) is 19.8 Å².